The number of ether oxygens (including phenoxy) is 1. The van der Waals surface area contributed by atoms with Gasteiger partial charge in [0.15, 0.2) is 0 Å². The lowest BCUT2D eigenvalue weighted by Crippen LogP contribution is -2.34. The SMILES string of the molecule is CCOc1ccccc1N1C(=O)C(c2cccs2)=C(N(C)c2ccccc2)C1=O. The molecule has 2 aromatic carbocycles. The lowest BCUT2D eigenvalue weighted by atomic mass is 10.1. The van der Waals surface area contributed by atoms with Gasteiger partial charge in [-0.05, 0) is 42.6 Å². The van der Waals surface area contributed by atoms with E-state index in [0.717, 1.165) is 10.6 Å². The molecule has 29 heavy (non-hydrogen) atoms. The van der Waals surface area contributed by atoms with Gasteiger partial charge in [0, 0.05) is 17.6 Å². The fourth-order valence-electron chi connectivity index (χ4n) is 3.39. The zero-order valence-electron chi connectivity index (χ0n) is 16.2. The van der Waals surface area contributed by atoms with Crippen LogP contribution < -0.4 is 14.5 Å². The summed E-state index contributed by atoms with van der Waals surface area (Å²) in [6, 6.07) is 20.4. The van der Waals surface area contributed by atoms with Crippen LogP contribution in [0, 0.1) is 0 Å². The van der Waals surface area contributed by atoms with Crippen molar-refractivity contribution in [3.8, 4) is 5.75 Å². The molecule has 2 amide bonds. The van der Waals surface area contributed by atoms with Crippen LogP contribution in [0.2, 0.25) is 0 Å². The molecule has 3 aromatic rings. The Hall–Kier alpha value is -3.38. The standard InChI is InChI=1S/C23H20N2O3S/c1-3-28-18-13-8-7-12-17(18)25-22(26)20(19-14-9-15-29-19)21(23(25)27)24(2)16-10-5-4-6-11-16/h4-15H,3H2,1-2H3. The first-order chi connectivity index (χ1) is 14.1. The van der Waals surface area contributed by atoms with E-state index in [2.05, 4.69) is 0 Å². The zero-order valence-corrected chi connectivity index (χ0v) is 17.0. The second kappa shape index (κ2) is 7.93. The molecule has 0 aliphatic carbocycles. The molecule has 0 atom stereocenters. The lowest BCUT2D eigenvalue weighted by Gasteiger charge is -2.22. The molecule has 1 aromatic heterocycles. The Morgan fingerprint density at radius 3 is 2.34 bits per heavy atom. The van der Waals surface area contributed by atoms with E-state index in [1.165, 1.54) is 16.2 Å². The number of para-hydroxylation sites is 3. The first-order valence-corrected chi connectivity index (χ1v) is 10.2. The Morgan fingerprint density at radius 2 is 1.66 bits per heavy atom. The monoisotopic (exact) mass is 404 g/mol. The van der Waals surface area contributed by atoms with Crippen molar-refractivity contribution < 1.29 is 14.3 Å². The van der Waals surface area contributed by atoms with E-state index in [1.54, 1.807) is 30.1 Å². The van der Waals surface area contributed by atoms with Crippen molar-refractivity contribution >= 4 is 40.1 Å². The molecule has 0 saturated heterocycles. The summed E-state index contributed by atoms with van der Waals surface area (Å²) in [4.78, 5) is 30.8. The Balaban J connectivity index is 1.85. The molecule has 1 aliphatic heterocycles. The third kappa shape index (κ3) is 3.32. The van der Waals surface area contributed by atoms with Gasteiger partial charge in [0.05, 0.1) is 17.9 Å². The van der Waals surface area contributed by atoms with Crippen LogP contribution in [0.4, 0.5) is 11.4 Å². The highest BCUT2D eigenvalue weighted by molar-refractivity contribution is 7.11. The molecule has 0 saturated carbocycles. The molecule has 1 aliphatic rings. The second-order valence-corrected chi connectivity index (χ2v) is 7.39. The minimum absolute atomic E-state index is 0.345. The molecule has 0 bridgehead atoms. The summed E-state index contributed by atoms with van der Waals surface area (Å²) in [6.07, 6.45) is 0. The highest BCUT2D eigenvalue weighted by Gasteiger charge is 2.43. The number of hydrogen-bond acceptors (Lipinski definition) is 5. The molecule has 0 spiro atoms. The van der Waals surface area contributed by atoms with E-state index >= 15 is 0 Å². The highest BCUT2D eigenvalue weighted by atomic mass is 32.1. The minimum Gasteiger partial charge on any atom is -0.492 e. The van der Waals surface area contributed by atoms with Gasteiger partial charge in [0.1, 0.15) is 11.4 Å². The summed E-state index contributed by atoms with van der Waals surface area (Å²) in [5, 5.41) is 1.90. The van der Waals surface area contributed by atoms with Crippen molar-refractivity contribution in [2.45, 2.75) is 6.92 Å². The largest absolute Gasteiger partial charge is 0.492 e. The number of hydrogen-bond donors (Lipinski definition) is 0. The van der Waals surface area contributed by atoms with Crippen molar-refractivity contribution in [2.24, 2.45) is 0 Å². The molecule has 5 nitrogen and oxygen atoms in total. The van der Waals surface area contributed by atoms with Crippen LogP contribution in [0.25, 0.3) is 5.57 Å². The minimum atomic E-state index is -0.364. The Labute approximate surface area is 173 Å². The van der Waals surface area contributed by atoms with Crippen LogP contribution in [0.5, 0.6) is 5.75 Å². The van der Waals surface area contributed by atoms with E-state index in [1.807, 2.05) is 60.8 Å². The number of nitrogens with zero attached hydrogens (tertiary/aromatic N) is 2. The predicted molar refractivity (Wildman–Crippen MR) is 116 cm³/mol. The number of thiophene rings is 1. The van der Waals surface area contributed by atoms with E-state index < -0.39 is 0 Å². The molecule has 4 rings (SSSR count). The number of imide groups is 1. The number of carbonyl (C=O) groups is 2. The molecule has 6 heteroatoms. The smallest absolute Gasteiger partial charge is 0.282 e. The normalized spacial score (nSPS) is 13.9. The van der Waals surface area contributed by atoms with Crippen molar-refractivity contribution in [2.75, 3.05) is 23.5 Å². The summed E-state index contributed by atoms with van der Waals surface area (Å²) >= 11 is 1.44. The van der Waals surface area contributed by atoms with Crippen LogP contribution in [-0.4, -0.2) is 25.5 Å². The van der Waals surface area contributed by atoms with E-state index in [0.29, 0.717) is 29.3 Å². The average Bonchev–Trinajstić information content (AvgIpc) is 3.35. The van der Waals surface area contributed by atoms with Gasteiger partial charge < -0.3 is 9.64 Å². The molecule has 0 fully saturated rings. The van der Waals surface area contributed by atoms with Gasteiger partial charge in [-0.25, -0.2) is 4.90 Å². The summed E-state index contributed by atoms with van der Waals surface area (Å²) in [6.45, 7) is 2.31. The fourth-order valence-corrected chi connectivity index (χ4v) is 4.15. The molecule has 0 radical (unpaired) electrons. The van der Waals surface area contributed by atoms with Gasteiger partial charge in [-0.2, -0.15) is 0 Å². The number of rotatable bonds is 6. The summed E-state index contributed by atoms with van der Waals surface area (Å²) in [5.74, 6) is -0.204. The molecule has 0 unspecified atom stereocenters. The van der Waals surface area contributed by atoms with Crippen LogP contribution >= 0.6 is 11.3 Å². The number of likely N-dealkylation sites (N-methyl/N-ethyl adjacent to an activating group) is 1. The molecular formula is C23H20N2O3S. The van der Waals surface area contributed by atoms with Crippen molar-refractivity contribution in [1.82, 2.24) is 0 Å². The summed E-state index contributed by atoms with van der Waals surface area (Å²) < 4.78 is 5.68. The quantitative estimate of drug-likeness (QED) is 0.565. The fraction of sp³-hybridized carbons (Fsp3) is 0.130. The molecule has 2 heterocycles. The molecule has 146 valence electrons. The maximum atomic E-state index is 13.5. The third-order valence-electron chi connectivity index (χ3n) is 4.71. The van der Waals surface area contributed by atoms with E-state index in [4.69, 9.17) is 4.74 Å². The Bertz CT molecular complexity index is 1070. The van der Waals surface area contributed by atoms with Crippen LogP contribution in [0.1, 0.15) is 11.8 Å². The van der Waals surface area contributed by atoms with Gasteiger partial charge in [0.2, 0.25) is 0 Å². The third-order valence-corrected chi connectivity index (χ3v) is 5.60. The van der Waals surface area contributed by atoms with Crippen LogP contribution in [0.15, 0.2) is 77.8 Å². The van der Waals surface area contributed by atoms with Crippen LogP contribution in [-0.2, 0) is 9.59 Å². The van der Waals surface area contributed by atoms with Crippen molar-refractivity contribution in [3.63, 3.8) is 0 Å². The van der Waals surface area contributed by atoms with Crippen molar-refractivity contribution in [3.05, 3.63) is 82.7 Å². The van der Waals surface area contributed by atoms with Crippen LogP contribution in [0.3, 0.4) is 0 Å². The van der Waals surface area contributed by atoms with Gasteiger partial charge in [-0.3, -0.25) is 9.59 Å². The summed E-state index contributed by atoms with van der Waals surface area (Å²) in [7, 11) is 1.81. The van der Waals surface area contributed by atoms with Gasteiger partial charge >= 0.3 is 0 Å². The van der Waals surface area contributed by atoms with Crippen molar-refractivity contribution in [1.29, 1.82) is 0 Å². The first-order valence-electron chi connectivity index (χ1n) is 9.31. The zero-order chi connectivity index (χ0) is 20.4. The number of anilines is 2. The average molecular weight is 404 g/mol. The second-order valence-electron chi connectivity index (χ2n) is 6.44. The van der Waals surface area contributed by atoms with Gasteiger partial charge in [-0.1, -0.05) is 36.4 Å². The summed E-state index contributed by atoms with van der Waals surface area (Å²) in [5.41, 5.74) is 2.05. The van der Waals surface area contributed by atoms with E-state index in [-0.39, 0.29) is 11.8 Å². The maximum absolute atomic E-state index is 13.5. The number of carbonyl (C=O) groups excluding carboxylic acids is 2. The Kier molecular flexibility index (Phi) is 5.18. The number of benzene rings is 2. The maximum Gasteiger partial charge on any atom is 0.282 e. The van der Waals surface area contributed by atoms with Gasteiger partial charge in [0.25, 0.3) is 11.8 Å². The first kappa shape index (κ1) is 19.0. The highest BCUT2D eigenvalue weighted by Crippen LogP contribution is 2.40. The van der Waals surface area contributed by atoms with Gasteiger partial charge in [-0.15, -0.1) is 11.3 Å². The predicted octanol–water partition coefficient (Wildman–Crippen LogP) is 4.57. The molecule has 0 N–H and O–H groups in total. The Morgan fingerprint density at radius 1 is 0.931 bits per heavy atom. The topological polar surface area (TPSA) is 49.9 Å². The molecular weight excluding hydrogens is 384 g/mol. The van der Waals surface area contributed by atoms with E-state index in [9.17, 15) is 9.59 Å². The lowest BCUT2D eigenvalue weighted by molar-refractivity contribution is -0.120. The number of amides is 2.